The SMILES string of the molecule is C=CCOP(=O)(OCCC#N)O[C@H]1C[C@H](n2cnc3c(N)nc(F)nc32)O[C@@H]1COC(=O)c1ccccc1. The number of benzene rings is 1. The van der Waals surface area contributed by atoms with Crippen molar-refractivity contribution in [3.05, 3.63) is 61.0 Å². The lowest BCUT2D eigenvalue weighted by atomic mass is 10.2. The fourth-order valence-corrected chi connectivity index (χ4v) is 5.03. The lowest BCUT2D eigenvalue weighted by Gasteiger charge is -2.23. The molecule has 0 aliphatic carbocycles. The van der Waals surface area contributed by atoms with Gasteiger partial charge in [0.15, 0.2) is 17.0 Å². The van der Waals surface area contributed by atoms with Gasteiger partial charge in [0.05, 0.1) is 37.6 Å². The predicted octanol–water partition coefficient (Wildman–Crippen LogP) is 3.32. The minimum atomic E-state index is -4.20. The highest BCUT2D eigenvalue weighted by Gasteiger charge is 2.44. The van der Waals surface area contributed by atoms with Crippen molar-refractivity contribution in [2.24, 2.45) is 0 Å². The van der Waals surface area contributed by atoms with Crippen LogP contribution in [0.5, 0.6) is 0 Å². The van der Waals surface area contributed by atoms with Gasteiger partial charge in [0.2, 0.25) is 0 Å². The van der Waals surface area contributed by atoms with Gasteiger partial charge in [0, 0.05) is 6.42 Å². The zero-order valence-corrected chi connectivity index (χ0v) is 20.9. The maximum absolute atomic E-state index is 13.9. The molecule has 1 aliphatic heterocycles. The predicted molar refractivity (Wildman–Crippen MR) is 130 cm³/mol. The minimum absolute atomic E-state index is 0.0353. The van der Waals surface area contributed by atoms with Crippen LogP contribution in [0.15, 0.2) is 49.3 Å². The Labute approximate surface area is 216 Å². The van der Waals surface area contributed by atoms with Crippen LogP contribution in [-0.4, -0.2) is 57.5 Å². The number of halogens is 1. The molecule has 3 aromatic rings. The molecule has 0 radical (unpaired) electrons. The lowest BCUT2D eigenvalue weighted by Crippen LogP contribution is -2.30. The second-order valence-corrected chi connectivity index (χ2v) is 9.57. The quantitative estimate of drug-likeness (QED) is 0.116. The molecule has 1 unspecified atom stereocenters. The van der Waals surface area contributed by atoms with E-state index in [-0.39, 0.29) is 49.6 Å². The van der Waals surface area contributed by atoms with Gasteiger partial charge in [-0.05, 0) is 12.1 Å². The number of ether oxygens (including phenoxy) is 2. The molecule has 2 aromatic heterocycles. The van der Waals surface area contributed by atoms with Crippen molar-refractivity contribution in [1.29, 1.82) is 5.26 Å². The van der Waals surface area contributed by atoms with Crippen LogP contribution in [0, 0.1) is 17.4 Å². The molecule has 1 fully saturated rings. The van der Waals surface area contributed by atoms with E-state index in [9.17, 15) is 13.8 Å². The van der Waals surface area contributed by atoms with Gasteiger partial charge in [-0.3, -0.25) is 18.1 Å². The topological polar surface area (TPSA) is 174 Å². The molecule has 1 aromatic carbocycles. The van der Waals surface area contributed by atoms with E-state index >= 15 is 0 Å². The zero-order valence-electron chi connectivity index (χ0n) is 20.0. The molecule has 1 saturated heterocycles. The highest BCUT2D eigenvalue weighted by atomic mass is 31.2. The van der Waals surface area contributed by atoms with Crippen molar-refractivity contribution in [3.63, 3.8) is 0 Å². The number of phosphoric ester groups is 1. The number of esters is 1. The molecule has 2 N–H and O–H groups in total. The lowest BCUT2D eigenvalue weighted by molar-refractivity contribution is -0.0521. The third-order valence-corrected chi connectivity index (χ3v) is 6.87. The van der Waals surface area contributed by atoms with Crippen molar-refractivity contribution in [2.75, 3.05) is 25.6 Å². The zero-order chi connectivity index (χ0) is 27.1. The number of nitrogens with zero attached hydrogens (tertiary/aromatic N) is 5. The number of fused-ring (bicyclic) bond motifs is 1. The molecule has 4 atom stereocenters. The Morgan fingerprint density at radius 3 is 2.87 bits per heavy atom. The molecule has 0 spiro atoms. The van der Waals surface area contributed by atoms with Crippen LogP contribution < -0.4 is 5.73 Å². The fraction of sp³-hybridized carbons (Fsp3) is 0.348. The Morgan fingerprint density at radius 1 is 1.34 bits per heavy atom. The summed E-state index contributed by atoms with van der Waals surface area (Å²) in [5.74, 6) is -0.762. The van der Waals surface area contributed by atoms with Crippen molar-refractivity contribution in [3.8, 4) is 6.07 Å². The molecule has 0 saturated carbocycles. The van der Waals surface area contributed by atoms with Gasteiger partial charge in [-0.1, -0.05) is 24.3 Å². The Kier molecular flexibility index (Phi) is 8.77. The summed E-state index contributed by atoms with van der Waals surface area (Å²) in [6, 6.07) is 10.2. The molecule has 3 heterocycles. The van der Waals surface area contributed by atoms with Crippen molar-refractivity contribution >= 4 is 30.8 Å². The highest BCUT2D eigenvalue weighted by molar-refractivity contribution is 7.48. The van der Waals surface area contributed by atoms with Gasteiger partial charge in [-0.15, -0.1) is 6.58 Å². The van der Waals surface area contributed by atoms with Crippen molar-refractivity contribution in [1.82, 2.24) is 19.5 Å². The first-order valence-electron chi connectivity index (χ1n) is 11.4. The number of hydrogen-bond donors (Lipinski definition) is 1. The average Bonchev–Trinajstić information content (AvgIpc) is 3.50. The Bertz CT molecular complexity index is 1380. The van der Waals surface area contributed by atoms with Crippen LogP contribution in [0.25, 0.3) is 11.2 Å². The number of nitrogens with two attached hydrogens (primary N) is 1. The van der Waals surface area contributed by atoms with E-state index in [2.05, 4.69) is 21.5 Å². The Balaban J connectivity index is 1.58. The normalized spacial score (nSPS) is 20.6. The number of imidazole rings is 1. The number of hydrogen-bond acceptors (Lipinski definition) is 12. The van der Waals surface area contributed by atoms with Crippen LogP contribution in [0.4, 0.5) is 10.2 Å². The molecule has 13 nitrogen and oxygen atoms in total. The number of phosphoric acid groups is 1. The average molecular weight is 546 g/mol. The second kappa shape index (κ2) is 12.2. The fourth-order valence-electron chi connectivity index (χ4n) is 3.68. The van der Waals surface area contributed by atoms with E-state index in [0.29, 0.717) is 5.56 Å². The van der Waals surface area contributed by atoms with Gasteiger partial charge in [-0.2, -0.15) is 19.6 Å². The van der Waals surface area contributed by atoms with Crippen molar-refractivity contribution < 1.29 is 36.8 Å². The van der Waals surface area contributed by atoms with E-state index in [1.807, 2.05) is 6.07 Å². The molecule has 15 heteroatoms. The smallest absolute Gasteiger partial charge is 0.459 e. The maximum Gasteiger partial charge on any atom is 0.475 e. The van der Waals surface area contributed by atoms with Gasteiger partial charge in [0.1, 0.15) is 25.0 Å². The Hall–Kier alpha value is -3.73. The summed E-state index contributed by atoms with van der Waals surface area (Å²) in [7, 11) is -4.20. The highest BCUT2D eigenvalue weighted by Crippen LogP contribution is 2.53. The summed E-state index contributed by atoms with van der Waals surface area (Å²) in [6.07, 6.45) is -1.17. The van der Waals surface area contributed by atoms with Crippen molar-refractivity contribution in [2.45, 2.75) is 31.3 Å². The molecule has 38 heavy (non-hydrogen) atoms. The molecule has 1 aliphatic rings. The number of nitriles is 1. The summed E-state index contributed by atoms with van der Waals surface area (Å²) >= 11 is 0. The summed E-state index contributed by atoms with van der Waals surface area (Å²) in [6.45, 7) is 2.87. The minimum Gasteiger partial charge on any atom is -0.459 e. The molecular formula is C23H24FN6O7P. The van der Waals surface area contributed by atoms with Gasteiger partial charge >= 0.3 is 19.9 Å². The third-order valence-electron chi connectivity index (χ3n) is 5.38. The molecule has 4 rings (SSSR count). The first kappa shape index (κ1) is 27.3. The number of nitrogen functional groups attached to an aromatic ring is 1. The Morgan fingerprint density at radius 2 is 2.13 bits per heavy atom. The maximum atomic E-state index is 13.9. The number of carbonyl (C=O) groups excluding carboxylic acids is 1. The van der Waals surface area contributed by atoms with E-state index in [1.54, 1.807) is 30.3 Å². The van der Waals surface area contributed by atoms with Gasteiger partial charge < -0.3 is 15.2 Å². The van der Waals surface area contributed by atoms with Crippen LogP contribution in [0.1, 0.15) is 29.4 Å². The van der Waals surface area contributed by atoms with Crippen LogP contribution in [0.2, 0.25) is 0 Å². The number of rotatable bonds is 12. The molecule has 200 valence electrons. The summed E-state index contributed by atoms with van der Waals surface area (Å²) in [5, 5.41) is 8.81. The van der Waals surface area contributed by atoms with Crippen LogP contribution in [-0.2, 0) is 27.6 Å². The van der Waals surface area contributed by atoms with Crippen LogP contribution >= 0.6 is 7.82 Å². The van der Waals surface area contributed by atoms with E-state index in [1.165, 1.54) is 17.0 Å². The van der Waals surface area contributed by atoms with E-state index in [4.69, 9.17) is 34.0 Å². The second-order valence-electron chi connectivity index (χ2n) is 7.95. The first-order valence-corrected chi connectivity index (χ1v) is 12.9. The summed E-state index contributed by atoms with van der Waals surface area (Å²) < 4.78 is 56.4. The molecular weight excluding hydrogens is 522 g/mol. The van der Waals surface area contributed by atoms with E-state index in [0.717, 1.165) is 0 Å². The largest absolute Gasteiger partial charge is 0.475 e. The monoisotopic (exact) mass is 546 g/mol. The molecule has 0 amide bonds. The number of anilines is 1. The van der Waals surface area contributed by atoms with Gasteiger partial charge in [-0.25, -0.2) is 14.3 Å². The van der Waals surface area contributed by atoms with E-state index < -0.39 is 38.3 Å². The summed E-state index contributed by atoms with van der Waals surface area (Å²) in [4.78, 5) is 23.9. The number of aromatic nitrogens is 4. The van der Waals surface area contributed by atoms with Crippen LogP contribution in [0.3, 0.4) is 0 Å². The standard InChI is InChI=1S/C23H24FN6O7P/c1-2-10-34-38(32,35-11-6-9-25)37-16-12-18(30-14-27-19-20(26)28-23(24)29-21(19)30)36-17(16)13-33-22(31)15-7-4-3-5-8-15/h2-5,7-8,14,16-18H,1,6,10-13H2,(H2,26,28,29)/t16-,17+,18+,38?/m0/s1. The molecule has 0 bridgehead atoms. The summed E-state index contributed by atoms with van der Waals surface area (Å²) in [5.41, 5.74) is 6.30. The van der Waals surface area contributed by atoms with Gasteiger partial charge in [0.25, 0.3) is 0 Å². The third kappa shape index (κ3) is 6.39. The first-order chi connectivity index (χ1) is 18.3. The number of carbonyl (C=O) groups is 1.